The molecule has 3 heterocycles. The third-order valence-corrected chi connectivity index (χ3v) is 5.27. The lowest BCUT2D eigenvalue weighted by molar-refractivity contribution is -0.144. The van der Waals surface area contributed by atoms with Gasteiger partial charge in [0.15, 0.2) is 0 Å². The number of β-amino-alcohol motifs (C(OH)–C–C–N with tert-alkyl or cyclic N) is 1. The van der Waals surface area contributed by atoms with Crippen LogP contribution < -0.4 is 5.32 Å². The Morgan fingerprint density at radius 2 is 2.03 bits per heavy atom. The summed E-state index contributed by atoms with van der Waals surface area (Å²) in [6, 6.07) is 1.31. The lowest BCUT2D eigenvalue weighted by atomic mass is 9.85. The zero-order valence-corrected chi connectivity index (χ0v) is 17.8. The summed E-state index contributed by atoms with van der Waals surface area (Å²) in [6.45, 7) is 7.42. The molecule has 0 bridgehead atoms. The molecule has 1 fully saturated rings. The number of rotatable bonds is 4. The van der Waals surface area contributed by atoms with Gasteiger partial charge in [-0.05, 0) is 24.5 Å². The number of aromatic nitrogens is 4. The number of carbonyl (C=O) groups is 2. The van der Waals surface area contributed by atoms with Gasteiger partial charge in [0.05, 0.1) is 18.0 Å². The number of likely N-dealkylation sites (N-methyl/N-ethyl adjacent to an activating group) is 1. The molecule has 2 amide bonds. The Morgan fingerprint density at radius 3 is 2.63 bits per heavy atom. The molecule has 3 atom stereocenters. The van der Waals surface area contributed by atoms with Gasteiger partial charge in [0.1, 0.15) is 17.8 Å². The zero-order valence-electron chi connectivity index (χ0n) is 17.8. The first kappa shape index (κ1) is 21.8. The molecule has 1 aliphatic heterocycles. The summed E-state index contributed by atoms with van der Waals surface area (Å²) in [5.74, 6) is -1.22. The summed E-state index contributed by atoms with van der Waals surface area (Å²) in [4.78, 5) is 31.0. The van der Waals surface area contributed by atoms with Crippen LogP contribution in [0.25, 0.3) is 11.3 Å². The van der Waals surface area contributed by atoms with E-state index in [1.165, 1.54) is 22.7 Å². The number of aryl methyl sites for hydroxylation is 1. The molecule has 0 spiro atoms. The lowest BCUT2D eigenvalue weighted by Crippen LogP contribution is -2.49. The molecule has 162 valence electrons. The molecule has 0 saturated carbocycles. The van der Waals surface area contributed by atoms with E-state index in [1.807, 2.05) is 20.8 Å². The van der Waals surface area contributed by atoms with E-state index in [1.54, 1.807) is 19.2 Å². The van der Waals surface area contributed by atoms with Crippen molar-refractivity contribution in [1.82, 2.24) is 30.2 Å². The topological polar surface area (TPSA) is 113 Å². The second kappa shape index (κ2) is 8.10. The van der Waals surface area contributed by atoms with E-state index >= 15 is 0 Å². The summed E-state index contributed by atoms with van der Waals surface area (Å²) >= 11 is 0. The Kier molecular flexibility index (Phi) is 5.89. The van der Waals surface area contributed by atoms with E-state index in [4.69, 9.17) is 0 Å². The largest absolute Gasteiger partial charge is 0.391 e. The van der Waals surface area contributed by atoms with Gasteiger partial charge in [-0.15, -0.1) is 5.10 Å². The maximum atomic E-state index is 13.5. The van der Waals surface area contributed by atoms with Crippen molar-refractivity contribution in [1.29, 1.82) is 0 Å². The van der Waals surface area contributed by atoms with Crippen molar-refractivity contribution in [2.24, 2.45) is 5.41 Å². The number of hydrogen-bond acceptors (Lipinski definition) is 6. The molecule has 0 unspecified atom stereocenters. The average molecular weight is 418 g/mol. The standard InChI is InChI=1S/C20H27FN6O3/c1-11-13(6-7-16(21)23-11)14-10-27(25-24-14)17(20(2,3)4)19(30)26-9-12(28)8-15(26)18(29)22-5/h6-7,10,12,15,17,28H,8-9H2,1-5H3,(H,22,29)/t12-,15+,17-/m1/s1. The Morgan fingerprint density at radius 1 is 1.33 bits per heavy atom. The van der Waals surface area contributed by atoms with Crippen LogP contribution in [0.1, 0.15) is 38.9 Å². The Labute approximate surface area is 174 Å². The lowest BCUT2D eigenvalue weighted by Gasteiger charge is -2.34. The van der Waals surface area contributed by atoms with Crippen LogP contribution in [0.5, 0.6) is 0 Å². The van der Waals surface area contributed by atoms with Crippen LogP contribution in [0.4, 0.5) is 4.39 Å². The number of hydrogen-bond donors (Lipinski definition) is 2. The van der Waals surface area contributed by atoms with Gasteiger partial charge in [-0.3, -0.25) is 9.59 Å². The van der Waals surface area contributed by atoms with Crippen LogP contribution in [-0.2, 0) is 9.59 Å². The third-order valence-electron chi connectivity index (χ3n) is 5.27. The molecule has 2 aromatic heterocycles. The number of pyridine rings is 1. The first-order valence-electron chi connectivity index (χ1n) is 9.78. The van der Waals surface area contributed by atoms with Gasteiger partial charge in [0.25, 0.3) is 0 Å². The van der Waals surface area contributed by atoms with Crippen LogP contribution in [0.3, 0.4) is 0 Å². The van der Waals surface area contributed by atoms with E-state index in [-0.39, 0.29) is 24.8 Å². The van der Waals surface area contributed by atoms with Crippen molar-refractivity contribution < 1.29 is 19.1 Å². The molecule has 0 aliphatic carbocycles. The number of halogens is 1. The summed E-state index contributed by atoms with van der Waals surface area (Å²) in [5.41, 5.74) is 0.982. The minimum atomic E-state index is -0.767. The van der Waals surface area contributed by atoms with Crippen molar-refractivity contribution >= 4 is 11.8 Å². The number of amides is 2. The van der Waals surface area contributed by atoms with E-state index in [0.717, 1.165) is 0 Å². The van der Waals surface area contributed by atoms with Crippen LogP contribution in [0.15, 0.2) is 18.3 Å². The molecule has 0 aromatic carbocycles. The van der Waals surface area contributed by atoms with Gasteiger partial charge in [-0.2, -0.15) is 4.39 Å². The van der Waals surface area contributed by atoms with Gasteiger partial charge in [0.2, 0.25) is 17.8 Å². The fourth-order valence-electron chi connectivity index (χ4n) is 3.84. The van der Waals surface area contributed by atoms with Crippen molar-refractivity contribution in [3.63, 3.8) is 0 Å². The van der Waals surface area contributed by atoms with Crippen LogP contribution >= 0.6 is 0 Å². The van der Waals surface area contributed by atoms with E-state index in [2.05, 4.69) is 20.6 Å². The highest BCUT2D eigenvalue weighted by Gasteiger charge is 2.45. The normalized spacial score (nSPS) is 20.3. The fraction of sp³-hybridized carbons (Fsp3) is 0.550. The van der Waals surface area contributed by atoms with Gasteiger partial charge in [0, 0.05) is 25.6 Å². The van der Waals surface area contributed by atoms with Crippen molar-refractivity contribution in [2.45, 2.75) is 52.3 Å². The molecule has 2 aromatic rings. The van der Waals surface area contributed by atoms with E-state index in [0.29, 0.717) is 17.0 Å². The molecule has 0 radical (unpaired) electrons. The molecule has 9 nitrogen and oxygen atoms in total. The predicted octanol–water partition coefficient (Wildman–Crippen LogP) is 1.08. The summed E-state index contributed by atoms with van der Waals surface area (Å²) in [6.07, 6.45) is 1.04. The molecule has 3 rings (SSSR count). The molecule has 10 heteroatoms. The number of aliphatic hydroxyl groups excluding tert-OH is 1. The van der Waals surface area contributed by atoms with Crippen molar-refractivity contribution in [2.75, 3.05) is 13.6 Å². The SMILES string of the molecule is CNC(=O)[C@@H]1C[C@@H](O)CN1C(=O)[C@@H](n1cc(-c2ccc(F)nc2C)nn1)C(C)(C)C. The Balaban J connectivity index is 1.97. The predicted molar refractivity (Wildman–Crippen MR) is 107 cm³/mol. The summed E-state index contributed by atoms with van der Waals surface area (Å²) in [7, 11) is 1.50. The zero-order chi connectivity index (χ0) is 22.2. The average Bonchev–Trinajstić information content (AvgIpc) is 3.27. The van der Waals surface area contributed by atoms with Crippen molar-refractivity contribution in [3.8, 4) is 11.3 Å². The third kappa shape index (κ3) is 4.18. The monoisotopic (exact) mass is 418 g/mol. The highest BCUT2D eigenvalue weighted by atomic mass is 19.1. The van der Waals surface area contributed by atoms with Gasteiger partial charge in [-0.1, -0.05) is 26.0 Å². The quantitative estimate of drug-likeness (QED) is 0.719. The summed E-state index contributed by atoms with van der Waals surface area (Å²) < 4.78 is 14.8. The van der Waals surface area contributed by atoms with Gasteiger partial charge < -0.3 is 15.3 Å². The maximum Gasteiger partial charge on any atom is 0.248 e. The smallest absolute Gasteiger partial charge is 0.248 e. The molecule has 1 aliphatic rings. The minimum Gasteiger partial charge on any atom is -0.391 e. The Bertz CT molecular complexity index is 954. The molecule has 1 saturated heterocycles. The number of nitrogens with zero attached hydrogens (tertiary/aromatic N) is 5. The van der Waals surface area contributed by atoms with Crippen molar-refractivity contribution in [3.05, 3.63) is 30.0 Å². The minimum absolute atomic E-state index is 0.0754. The first-order chi connectivity index (χ1) is 14.0. The number of likely N-dealkylation sites (tertiary alicyclic amines) is 1. The Hall–Kier alpha value is -2.88. The molecule has 30 heavy (non-hydrogen) atoms. The molecule has 2 N–H and O–H groups in total. The summed E-state index contributed by atoms with van der Waals surface area (Å²) in [5, 5.41) is 20.9. The van der Waals surface area contributed by atoms with E-state index in [9.17, 15) is 19.1 Å². The number of nitrogens with one attached hydrogen (secondary N) is 1. The van der Waals surface area contributed by atoms with Crippen LogP contribution in [0, 0.1) is 18.3 Å². The number of aliphatic hydroxyl groups is 1. The van der Waals surface area contributed by atoms with Gasteiger partial charge >= 0.3 is 0 Å². The first-order valence-corrected chi connectivity index (χ1v) is 9.78. The highest BCUT2D eigenvalue weighted by Crippen LogP contribution is 2.35. The molecular formula is C20H27FN6O3. The highest BCUT2D eigenvalue weighted by molar-refractivity contribution is 5.90. The molecular weight excluding hydrogens is 391 g/mol. The van der Waals surface area contributed by atoms with Gasteiger partial charge in [-0.25, -0.2) is 9.67 Å². The van der Waals surface area contributed by atoms with Crippen LogP contribution in [0.2, 0.25) is 0 Å². The van der Waals surface area contributed by atoms with E-state index < -0.39 is 29.6 Å². The second-order valence-electron chi connectivity index (χ2n) is 8.63. The van der Waals surface area contributed by atoms with Crippen LogP contribution in [-0.4, -0.2) is 67.5 Å². The fourth-order valence-corrected chi connectivity index (χ4v) is 3.84. The second-order valence-corrected chi connectivity index (χ2v) is 8.63. The number of carbonyl (C=O) groups excluding carboxylic acids is 2. The maximum absolute atomic E-state index is 13.5.